The Balaban J connectivity index is 2.14. The van der Waals surface area contributed by atoms with Gasteiger partial charge in [0.1, 0.15) is 5.78 Å². The summed E-state index contributed by atoms with van der Waals surface area (Å²) in [6, 6.07) is 11.3. The first-order chi connectivity index (χ1) is 8.09. The highest BCUT2D eigenvalue weighted by molar-refractivity contribution is 5.82. The zero-order valence-electron chi connectivity index (χ0n) is 10.9. The summed E-state index contributed by atoms with van der Waals surface area (Å²) in [6.07, 6.45) is 0.693. The summed E-state index contributed by atoms with van der Waals surface area (Å²) >= 11 is 0. The number of carbonyl (C=O) groups is 1. The topological polar surface area (TPSA) is 20.3 Å². The molecule has 1 aliphatic rings. The molecule has 3 atom stereocenters. The van der Waals surface area contributed by atoms with Crippen LogP contribution in [-0.4, -0.2) is 23.3 Å². The Labute approximate surface area is 104 Å². The van der Waals surface area contributed by atoms with Gasteiger partial charge in [0.2, 0.25) is 0 Å². The number of hydrogen-bond donors (Lipinski definition) is 0. The summed E-state index contributed by atoms with van der Waals surface area (Å²) in [4.78, 5) is 14.1. The van der Waals surface area contributed by atoms with Gasteiger partial charge < -0.3 is 0 Å². The van der Waals surface area contributed by atoms with Gasteiger partial charge in [-0.15, -0.1) is 0 Å². The third-order valence-corrected chi connectivity index (χ3v) is 3.88. The van der Waals surface area contributed by atoms with E-state index in [0.717, 1.165) is 6.54 Å². The van der Waals surface area contributed by atoms with E-state index in [4.69, 9.17) is 0 Å². The highest BCUT2D eigenvalue weighted by Crippen LogP contribution is 2.28. The lowest BCUT2D eigenvalue weighted by Gasteiger charge is -2.40. The summed E-state index contributed by atoms with van der Waals surface area (Å²) < 4.78 is 0. The zero-order valence-corrected chi connectivity index (χ0v) is 10.9. The molecule has 0 radical (unpaired) electrons. The molecule has 0 unspecified atom stereocenters. The van der Waals surface area contributed by atoms with Crippen molar-refractivity contribution < 1.29 is 4.79 Å². The van der Waals surface area contributed by atoms with Crippen molar-refractivity contribution in [3.63, 3.8) is 0 Å². The Morgan fingerprint density at radius 2 is 1.88 bits per heavy atom. The first-order valence-electron chi connectivity index (χ1n) is 6.43. The number of carbonyl (C=O) groups excluding carboxylic acids is 1. The lowest BCUT2D eigenvalue weighted by atomic mass is 9.91. The molecule has 0 bridgehead atoms. The van der Waals surface area contributed by atoms with Crippen LogP contribution < -0.4 is 0 Å². The van der Waals surface area contributed by atoms with Crippen molar-refractivity contribution in [2.45, 2.75) is 39.3 Å². The van der Waals surface area contributed by atoms with Crippen LogP contribution in [0.25, 0.3) is 0 Å². The molecule has 0 saturated carbocycles. The Bertz CT molecular complexity index is 387. The van der Waals surface area contributed by atoms with Crippen LogP contribution in [0.3, 0.4) is 0 Å². The normalized spacial score (nSPS) is 28.1. The van der Waals surface area contributed by atoms with Crippen LogP contribution >= 0.6 is 0 Å². The van der Waals surface area contributed by atoms with Crippen molar-refractivity contribution >= 4 is 5.78 Å². The molecule has 2 rings (SSSR count). The Morgan fingerprint density at radius 3 is 2.53 bits per heavy atom. The van der Waals surface area contributed by atoms with Crippen molar-refractivity contribution in [1.82, 2.24) is 4.90 Å². The van der Waals surface area contributed by atoms with Gasteiger partial charge in [-0.3, -0.25) is 9.69 Å². The molecule has 1 fully saturated rings. The van der Waals surface area contributed by atoms with E-state index in [9.17, 15) is 4.79 Å². The number of hydrogen-bond acceptors (Lipinski definition) is 2. The average Bonchev–Trinajstić information content (AvgIpc) is 2.34. The van der Waals surface area contributed by atoms with Crippen molar-refractivity contribution in [1.29, 1.82) is 0 Å². The van der Waals surface area contributed by atoms with Gasteiger partial charge in [-0.1, -0.05) is 37.3 Å². The second kappa shape index (κ2) is 5.01. The van der Waals surface area contributed by atoms with E-state index >= 15 is 0 Å². The fourth-order valence-electron chi connectivity index (χ4n) is 2.67. The molecular formula is C15H21NO. The SMILES string of the molecule is C[C@@H]1CN([C@@H](C)c2ccccc2)[C@@H](C)CC1=O. The molecule has 17 heavy (non-hydrogen) atoms. The molecule has 2 nitrogen and oxygen atoms in total. The van der Waals surface area contributed by atoms with Gasteiger partial charge in [0.15, 0.2) is 0 Å². The van der Waals surface area contributed by atoms with E-state index in [1.165, 1.54) is 5.56 Å². The number of Topliss-reactive ketones (excluding diaryl/α,β-unsaturated/α-hetero) is 1. The third-order valence-electron chi connectivity index (χ3n) is 3.88. The van der Waals surface area contributed by atoms with Crippen LogP contribution in [0.1, 0.15) is 38.8 Å². The van der Waals surface area contributed by atoms with Gasteiger partial charge in [0.05, 0.1) is 0 Å². The largest absolute Gasteiger partial charge is 0.299 e. The zero-order chi connectivity index (χ0) is 12.4. The second-order valence-electron chi connectivity index (χ2n) is 5.20. The predicted octanol–water partition coefficient (Wildman–Crippen LogP) is 3.05. The number of ketones is 1. The fraction of sp³-hybridized carbons (Fsp3) is 0.533. The molecular weight excluding hydrogens is 210 g/mol. The molecule has 1 aromatic rings. The molecule has 0 spiro atoms. The molecule has 2 heteroatoms. The van der Waals surface area contributed by atoms with Crippen molar-refractivity contribution in [3.05, 3.63) is 35.9 Å². The van der Waals surface area contributed by atoms with Crippen LogP contribution in [0.4, 0.5) is 0 Å². The van der Waals surface area contributed by atoms with Gasteiger partial charge in [0, 0.05) is 31.0 Å². The quantitative estimate of drug-likeness (QED) is 0.779. The van der Waals surface area contributed by atoms with Crippen LogP contribution in [0.2, 0.25) is 0 Å². The molecule has 0 N–H and O–H groups in total. The standard InChI is InChI=1S/C15H21NO/c1-11-10-16(12(2)9-15(11)17)13(3)14-7-5-4-6-8-14/h4-8,11-13H,9-10H2,1-3H3/t11-,12+,13+/m1/s1. The van der Waals surface area contributed by atoms with Gasteiger partial charge in [-0.05, 0) is 19.4 Å². The summed E-state index contributed by atoms with van der Waals surface area (Å²) in [5, 5.41) is 0. The minimum Gasteiger partial charge on any atom is -0.299 e. The number of nitrogens with zero attached hydrogens (tertiary/aromatic N) is 1. The Kier molecular flexibility index (Phi) is 3.63. The minimum absolute atomic E-state index is 0.178. The highest BCUT2D eigenvalue weighted by Gasteiger charge is 2.32. The molecule has 0 amide bonds. The monoisotopic (exact) mass is 231 g/mol. The van der Waals surface area contributed by atoms with Crippen LogP contribution in [0.5, 0.6) is 0 Å². The van der Waals surface area contributed by atoms with Gasteiger partial charge in [-0.2, -0.15) is 0 Å². The molecule has 0 aromatic heterocycles. The van der Waals surface area contributed by atoms with E-state index in [2.05, 4.69) is 43.0 Å². The first-order valence-corrected chi connectivity index (χ1v) is 6.43. The number of rotatable bonds is 2. The predicted molar refractivity (Wildman–Crippen MR) is 69.8 cm³/mol. The van der Waals surface area contributed by atoms with E-state index in [-0.39, 0.29) is 5.92 Å². The van der Waals surface area contributed by atoms with E-state index in [0.29, 0.717) is 24.3 Å². The second-order valence-corrected chi connectivity index (χ2v) is 5.20. The summed E-state index contributed by atoms with van der Waals surface area (Å²) in [5.74, 6) is 0.589. The summed E-state index contributed by atoms with van der Waals surface area (Å²) in [7, 11) is 0. The van der Waals surface area contributed by atoms with Gasteiger partial charge in [-0.25, -0.2) is 0 Å². The smallest absolute Gasteiger partial charge is 0.138 e. The number of piperidine rings is 1. The van der Waals surface area contributed by atoms with Crippen molar-refractivity contribution in [3.8, 4) is 0 Å². The Morgan fingerprint density at radius 1 is 1.24 bits per heavy atom. The van der Waals surface area contributed by atoms with E-state index in [1.807, 2.05) is 13.0 Å². The lowest BCUT2D eigenvalue weighted by Crippen LogP contribution is -2.46. The highest BCUT2D eigenvalue weighted by atomic mass is 16.1. The average molecular weight is 231 g/mol. The molecule has 1 saturated heterocycles. The molecule has 92 valence electrons. The maximum Gasteiger partial charge on any atom is 0.138 e. The van der Waals surface area contributed by atoms with E-state index in [1.54, 1.807) is 0 Å². The molecule has 1 heterocycles. The first kappa shape index (κ1) is 12.3. The summed E-state index contributed by atoms with van der Waals surface area (Å²) in [5.41, 5.74) is 1.33. The minimum atomic E-state index is 0.178. The van der Waals surface area contributed by atoms with Crippen LogP contribution in [0, 0.1) is 5.92 Å². The molecule has 1 aromatic carbocycles. The number of benzene rings is 1. The van der Waals surface area contributed by atoms with Crippen LogP contribution in [0.15, 0.2) is 30.3 Å². The van der Waals surface area contributed by atoms with E-state index < -0.39 is 0 Å². The maximum atomic E-state index is 11.7. The lowest BCUT2D eigenvalue weighted by molar-refractivity contribution is -0.128. The maximum absolute atomic E-state index is 11.7. The third kappa shape index (κ3) is 2.58. The van der Waals surface area contributed by atoms with Gasteiger partial charge in [0.25, 0.3) is 0 Å². The van der Waals surface area contributed by atoms with Crippen LogP contribution in [-0.2, 0) is 4.79 Å². The van der Waals surface area contributed by atoms with Gasteiger partial charge >= 0.3 is 0 Å². The molecule has 0 aliphatic carbocycles. The summed E-state index contributed by atoms with van der Waals surface area (Å²) in [6.45, 7) is 7.31. The number of likely N-dealkylation sites (tertiary alicyclic amines) is 1. The van der Waals surface area contributed by atoms with Crippen molar-refractivity contribution in [2.24, 2.45) is 5.92 Å². The Hall–Kier alpha value is -1.15. The fourth-order valence-corrected chi connectivity index (χ4v) is 2.67. The van der Waals surface area contributed by atoms with Crippen molar-refractivity contribution in [2.75, 3.05) is 6.54 Å². The molecule has 1 aliphatic heterocycles.